The topological polar surface area (TPSA) is 61.4 Å². The Hall–Kier alpha value is -2.73. The van der Waals surface area contributed by atoms with E-state index < -0.39 is 11.7 Å². The third-order valence-electron chi connectivity index (χ3n) is 4.49. The molecule has 25 heavy (non-hydrogen) atoms. The van der Waals surface area contributed by atoms with Crippen LogP contribution in [-0.4, -0.2) is 29.3 Å². The number of fused-ring (bicyclic) bond motifs is 1. The van der Waals surface area contributed by atoms with E-state index in [1.807, 2.05) is 19.1 Å². The van der Waals surface area contributed by atoms with Crippen LogP contribution in [0.4, 0.5) is 4.39 Å². The number of rotatable bonds is 3. The molecule has 5 nitrogen and oxygen atoms in total. The average molecular weight is 341 g/mol. The third-order valence-corrected chi connectivity index (χ3v) is 4.49. The van der Waals surface area contributed by atoms with Gasteiger partial charge in [0.25, 0.3) is 11.8 Å². The highest BCUT2D eigenvalue weighted by atomic mass is 19.1. The van der Waals surface area contributed by atoms with E-state index in [0.717, 1.165) is 13.0 Å². The first kappa shape index (κ1) is 17.1. The van der Waals surface area contributed by atoms with Gasteiger partial charge in [0.05, 0.1) is 6.04 Å². The van der Waals surface area contributed by atoms with E-state index >= 15 is 0 Å². The lowest BCUT2D eigenvalue weighted by molar-refractivity contribution is -0.127. The van der Waals surface area contributed by atoms with E-state index in [1.165, 1.54) is 35.4 Å². The molecular formula is C19H20FN3O2. The summed E-state index contributed by atoms with van der Waals surface area (Å²) in [6.45, 7) is 3.31. The zero-order valence-corrected chi connectivity index (χ0v) is 14.0. The first-order valence-corrected chi connectivity index (χ1v) is 8.21. The normalized spacial score (nSPS) is 15.1. The molecule has 0 saturated heterocycles. The molecule has 0 aromatic heterocycles. The second-order valence-electron chi connectivity index (χ2n) is 6.12. The number of benzene rings is 2. The van der Waals surface area contributed by atoms with E-state index in [-0.39, 0.29) is 17.5 Å². The first-order chi connectivity index (χ1) is 12.0. The lowest BCUT2D eigenvalue weighted by Crippen LogP contribution is -2.52. The summed E-state index contributed by atoms with van der Waals surface area (Å²) in [7, 11) is 0. The number of hydrogen-bond acceptors (Lipinski definition) is 3. The van der Waals surface area contributed by atoms with Crippen molar-refractivity contribution in [2.45, 2.75) is 25.9 Å². The second-order valence-corrected chi connectivity index (χ2v) is 6.12. The van der Waals surface area contributed by atoms with E-state index in [9.17, 15) is 14.0 Å². The Balaban J connectivity index is 1.54. The summed E-state index contributed by atoms with van der Waals surface area (Å²) < 4.78 is 12.9. The molecule has 0 aliphatic carbocycles. The smallest absolute Gasteiger partial charge is 0.269 e. The lowest BCUT2D eigenvalue weighted by Gasteiger charge is -2.32. The van der Waals surface area contributed by atoms with Crippen molar-refractivity contribution in [3.8, 4) is 0 Å². The van der Waals surface area contributed by atoms with Gasteiger partial charge >= 0.3 is 0 Å². The number of hydrogen-bond donors (Lipinski definition) is 2. The number of amides is 2. The molecule has 0 bridgehead atoms. The molecule has 1 aliphatic rings. The molecule has 0 radical (unpaired) electrons. The molecular weight excluding hydrogens is 321 g/mol. The van der Waals surface area contributed by atoms with Gasteiger partial charge in [-0.2, -0.15) is 0 Å². The number of nitrogens with one attached hydrogen (secondary N) is 2. The molecule has 0 fully saturated rings. The number of hydrazine groups is 1. The van der Waals surface area contributed by atoms with Crippen molar-refractivity contribution in [1.29, 1.82) is 0 Å². The molecule has 2 aromatic rings. The summed E-state index contributed by atoms with van der Waals surface area (Å²) in [5.41, 5.74) is 7.63. The summed E-state index contributed by atoms with van der Waals surface area (Å²) >= 11 is 0. The van der Waals surface area contributed by atoms with Crippen molar-refractivity contribution < 1.29 is 14.0 Å². The molecule has 0 spiro atoms. The molecule has 3 rings (SSSR count). The van der Waals surface area contributed by atoms with Crippen LogP contribution in [0.25, 0.3) is 0 Å². The Kier molecular flexibility index (Phi) is 5.09. The molecule has 2 N–H and O–H groups in total. The Morgan fingerprint density at radius 2 is 1.72 bits per heavy atom. The quantitative estimate of drug-likeness (QED) is 0.840. The highest BCUT2D eigenvalue weighted by molar-refractivity contribution is 5.95. The number of nitrogens with zero attached hydrogens (tertiary/aromatic N) is 1. The van der Waals surface area contributed by atoms with Crippen molar-refractivity contribution >= 4 is 11.8 Å². The van der Waals surface area contributed by atoms with Crippen LogP contribution < -0.4 is 10.9 Å². The zero-order chi connectivity index (χ0) is 17.8. The van der Waals surface area contributed by atoms with Gasteiger partial charge in [-0.25, -0.2) is 4.39 Å². The lowest BCUT2D eigenvalue weighted by atomic mass is 9.99. The monoisotopic (exact) mass is 341 g/mol. The summed E-state index contributed by atoms with van der Waals surface area (Å²) in [6.07, 6.45) is 0.899. The Morgan fingerprint density at radius 3 is 2.44 bits per heavy atom. The Labute approximate surface area is 145 Å². The van der Waals surface area contributed by atoms with Gasteiger partial charge < -0.3 is 0 Å². The van der Waals surface area contributed by atoms with Gasteiger partial charge in [-0.05, 0) is 48.7 Å². The second kappa shape index (κ2) is 7.44. The standard InChI is InChI=1S/C19H20FN3O2/c1-13(23-11-10-14-4-2-3-5-16(14)12-23)18(24)21-22-19(25)15-6-8-17(20)9-7-15/h2-9,13H,10-12H2,1H3,(H,21,24)(H,22,25)/t13-/m0/s1. The van der Waals surface area contributed by atoms with E-state index in [0.29, 0.717) is 6.54 Å². The maximum Gasteiger partial charge on any atom is 0.269 e. The maximum absolute atomic E-state index is 12.9. The molecule has 1 atom stereocenters. The van der Waals surface area contributed by atoms with Crippen molar-refractivity contribution in [2.75, 3.05) is 6.54 Å². The fourth-order valence-corrected chi connectivity index (χ4v) is 2.91. The van der Waals surface area contributed by atoms with Crippen LogP contribution in [0.1, 0.15) is 28.4 Å². The summed E-state index contributed by atoms with van der Waals surface area (Å²) in [5.74, 6) is -1.18. The fourth-order valence-electron chi connectivity index (χ4n) is 2.91. The minimum absolute atomic E-state index is 0.279. The summed E-state index contributed by atoms with van der Waals surface area (Å²) in [5, 5.41) is 0. The Morgan fingerprint density at radius 1 is 1.04 bits per heavy atom. The van der Waals surface area contributed by atoms with Crippen LogP contribution in [0, 0.1) is 5.82 Å². The van der Waals surface area contributed by atoms with E-state index in [1.54, 1.807) is 0 Å². The molecule has 2 aromatic carbocycles. The van der Waals surface area contributed by atoms with Gasteiger partial charge in [-0.3, -0.25) is 25.3 Å². The van der Waals surface area contributed by atoms with Crippen LogP contribution in [0.15, 0.2) is 48.5 Å². The zero-order valence-electron chi connectivity index (χ0n) is 14.0. The average Bonchev–Trinajstić information content (AvgIpc) is 2.65. The van der Waals surface area contributed by atoms with Crippen LogP contribution in [0.3, 0.4) is 0 Å². The van der Waals surface area contributed by atoms with Crippen LogP contribution in [0.5, 0.6) is 0 Å². The maximum atomic E-state index is 12.9. The highest BCUT2D eigenvalue weighted by Gasteiger charge is 2.25. The summed E-state index contributed by atoms with van der Waals surface area (Å²) in [6, 6.07) is 13.0. The van der Waals surface area contributed by atoms with Gasteiger partial charge in [0.1, 0.15) is 5.82 Å². The van der Waals surface area contributed by atoms with E-state index in [2.05, 4.69) is 27.9 Å². The molecule has 130 valence electrons. The van der Waals surface area contributed by atoms with Crippen molar-refractivity contribution in [3.63, 3.8) is 0 Å². The van der Waals surface area contributed by atoms with Crippen LogP contribution >= 0.6 is 0 Å². The molecule has 2 amide bonds. The van der Waals surface area contributed by atoms with Crippen LogP contribution in [0.2, 0.25) is 0 Å². The largest absolute Gasteiger partial charge is 0.287 e. The minimum Gasteiger partial charge on any atom is -0.287 e. The third kappa shape index (κ3) is 4.03. The van der Waals surface area contributed by atoms with Gasteiger partial charge in [-0.15, -0.1) is 0 Å². The van der Waals surface area contributed by atoms with Crippen molar-refractivity contribution in [1.82, 2.24) is 15.8 Å². The number of halogens is 1. The molecule has 6 heteroatoms. The molecule has 1 aliphatic heterocycles. The van der Waals surface area contributed by atoms with Gasteiger partial charge in [-0.1, -0.05) is 24.3 Å². The molecule has 1 heterocycles. The van der Waals surface area contributed by atoms with Crippen molar-refractivity contribution in [3.05, 3.63) is 71.0 Å². The predicted molar refractivity (Wildman–Crippen MR) is 92.0 cm³/mol. The van der Waals surface area contributed by atoms with Crippen molar-refractivity contribution in [2.24, 2.45) is 0 Å². The van der Waals surface area contributed by atoms with Gasteiger partial charge in [0.2, 0.25) is 0 Å². The first-order valence-electron chi connectivity index (χ1n) is 8.21. The highest BCUT2D eigenvalue weighted by Crippen LogP contribution is 2.20. The van der Waals surface area contributed by atoms with Gasteiger partial charge in [0, 0.05) is 18.7 Å². The minimum atomic E-state index is -0.482. The molecule has 0 saturated carbocycles. The molecule has 0 unspecified atom stereocenters. The number of carbonyl (C=O) groups excluding carboxylic acids is 2. The predicted octanol–water partition coefficient (Wildman–Crippen LogP) is 2.03. The SMILES string of the molecule is C[C@@H](C(=O)NNC(=O)c1ccc(F)cc1)N1CCc2ccccc2C1. The number of carbonyl (C=O) groups is 2. The summed E-state index contributed by atoms with van der Waals surface area (Å²) in [4.78, 5) is 26.3. The van der Waals surface area contributed by atoms with Gasteiger partial charge in [0.15, 0.2) is 0 Å². The van der Waals surface area contributed by atoms with E-state index in [4.69, 9.17) is 0 Å². The fraction of sp³-hybridized carbons (Fsp3) is 0.263. The Bertz CT molecular complexity index is 776. The van der Waals surface area contributed by atoms with Crippen LogP contribution in [-0.2, 0) is 17.8 Å².